The molecule has 13 heteroatoms. The zero-order valence-electron chi connectivity index (χ0n) is 21.4. The minimum atomic E-state index is -0.467. The van der Waals surface area contributed by atoms with Crippen molar-refractivity contribution in [2.24, 2.45) is 0 Å². The summed E-state index contributed by atoms with van der Waals surface area (Å²) in [6, 6.07) is 7.27. The molecule has 3 aromatic heterocycles. The van der Waals surface area contributed by atoms with Crippen LogP contribution in [0.15, 0.2) is 42.9 Å². The maximum absolute atomic E-state index is 12.5. The van der Waals surface area contributed by atoms with Crippen molar-refractivity contribution in [2.75, 3.05) is 50.1 Å². The first-order valence-electron chi connectivity index (χ1n) is 12.8. The van der Waals surface area contributed by atoms with E-state index < -0.39 is 6.09 Å². The molecular formula is C26H28N8O5. The summed E-state index contributed by atoms with van der Waals surface area (Å²) in [5.41, 5.74) is 2.42. The van der Waals surface area contributed by atoms with Crippen LogP contribution in [0.25, 0.3) is 11.4 Å². The van der Waals surface area contributed by atoms with Gasteiger partial charge in [-0.05, 0) is 49.8 Å². The smallest absolute Gasteiger partial charge is 0.415 e. The van der Waals surface area contributed by atoms with Crippen LogP contribution < -0.4 is 25.0 Å². The first kappa shape index (κ1) is 24.9. The molecule has 0 radical (unpaired) electrons. The van der Waals surface area contributed by atoms with Gasteiger partial charge in [-0.3, -0.25) is 24.6 Å². The number of ether oxygens (including phenoxy) is 3. The molecule has 202 valence electrons. The van der Waals surface area contributed by atoms with Gasteiger partial charge in [0.1, 0.15) is 23.7 Å². The van der Waals surface area contributed by atoms with E-state index in [1.807, 2.05) is 19.2 Å². The molecule has 0 aliphatic carbocycles. The largest absolute Gasteiger partial charge is 0.480 e. The number of cyclic esters (lactones) is 1. The van der Waals surface area contributed by atoms with Gasteiger partial charge in [0.15, 0.2) is 18.2 Å². The first-order chi connectivity index (χ1) is 19.0. The SMILES string of the molecule is CN1CC(Oc2cncc(-c3cc(CNCC[C@H]4CN(c5ccc6c(n5)NC(=O)CO6)C(=O)O4)ccn3)n2)C1. The zero-order chi connectivity index (χ0) is 26.8. The fourth-order valence-corrected chi connectivity index (χ4v) is 4.60. The average molecular weight is 533 g/mol. The molecule has 13 nitrogen and oxygen atoms in total. The van der Waals surface area contributed by atoms with Crippen molar-refractivity contribution in [3.05, 3.63) is 48.4 Å². The number of fused-ring (bicyclic) bond motifs is 1. The summed E-state index contributed by atoms with van der Waals surface area (Å²) < 4.78 is 16.7. The van der Waals surface area contributed by atoms with Gasteiger partial charge in [0, 0.05) is 25.8 Å². The summed E-state index contributed by atoms with van der Waals surface area (Å²) in [6.45, 7) is 3.33. The molecule has 3 aromatic rings. The number of pyridine rings is 2. The van der Waals surface area contributed by atoms with Crippen molar-refractivity contribution < 1.29 is 23.8 Å². The summed E-state index contributed by atoms with van der Waals surface area (Å²) in [7, 11) is 2.05. The van der Waals surface area contributed by atoms with Crippen LogP contribution in [-0.4, -0.2) is 88.9 Å². The number of rotatable bonds is 9. The molecule has 6 heterocycles. The van der Waals surface area contributed by atoms with E-state index in [4.69, 9.17) is 14.2 Å². The summed E-state index contributed by atoms with van der Waals surface area (Å²) in [4.78, 5) is 45.3. The van der Waals surface area contributed by atoms with E-state index in [-0.39, 0.29) is 24.7 Å². The molecule has 2 saturated heterocycles. The summed E-state index contributed by atoms with van der Waals surface area (Å²) in [5, 5.41) is 6.05. The highest BCUT2D eigenvalue weighted by atomic mass is 16.6. The van der Waals surface area contributed by atoms with Crippen LogP contribution in [0.1, 0.15) is 12.0 Å². The number of hydrogen-bond donors (Lipinski definition) is 2. The van der Waals surface area contributed by atoms with Crippen LogP contribution in [0.3, 0.4) is 0 Å². The van der Waals surface area contributed by atoms with Crippen molar-refractivity contribution in [3.8, 4) is 23.0 Å². The minimum Gasteiger partial charge on any atom is -0.480 e. The third kappa shape index (κ3) is 5.73. The molecule has 0 saturated carbocycles. The molecule has 0 bridgehead atoms. The molecule has 2 fully saturated rings. The fourth-order valence-electron chi connectivity index (χ4n) is 4.60. The fraction of sp³-hybridized carbons (Fsp3) is 0.385. The highest BCUT2D eigenvalue weighted by molar-refractivity contribution is 5.95. The van der Waals surface area contributed by atoms with Crippen LogP contribution in [0.4, 0.5) is 16.4 Å². The number of amides is 2. The van der Waals surface area contributed by atoms with Gasteiger partial charge in [-0.25, -0.2) is 14.8 Å². The van der Waals surface area contributed by atoms with Crippen LogP contribution in [-0.2, 0) is 16.1 Å². The van der Waals surface area contributed by atoms with Crippen molar-refractivity contribution in [3.63, 3.8) is 0 Å². The predicted molar refractivity (Wildman–Crippen MR) is 139 cm³/mol. The highest BCUT2D eigenvalue weighted by Gasteiger charge is 2.33. The molecule has 2 amide bonds. The third-order valence-corrected chi connectivity index (χ3v) is 6.60. The van der Waals surface area contributed by atoms with E-state index in [0.29, 0.717) is 55.0 Å². The van der Waals surface area contributed by atoms with Crippen LogP contribution in [0.5, 0.6) is 11.6 Å². The molecule has 1 atom stereocenters. The van der Waals surface area contributed by atoms with Crippen LogP contribution in [0.2, 0.25) is 0 Å². The number of likely N-dealkylation sites (N-methyl/N-ethyl adjacent to an activating group) is 1. The zero-order valence-corrected chi connectivity index (χ0v) is 21.4. The Labute approximate surface area is 224 Å². The van der Waals surface area contributed by atoms with Gasteiger partial charge in [0.25, 0.3) is 5.91 Å². The number of likely N-dealkylation sites (tertiary alicyclic amines) is 1. The lowest BCUT2D eigenvalue weighted by molar-refractivity contribution is -0.118. The lowest BCUT2D eigenvalue weighted by Gasteiger charge is -2.35. The molecular weight excluding hydrogens is 504 g/mol. The summed E-state index contributed by atoms with van der Waals surface area (Å²) in [6.07, 6.45) is 5.07. The Kier molecular flexibility index (Phi) is 6.90. The van der Waals surface area contributed by atoms with Gasteiger partial charge in [-0.1, -0.05) is 0 Å². The number of carbonyl (C=O) groups is 2. The second-order valence-electron chi connectivity index (χ2n) is 9.69. The van der Waals surface area contributed by atoms with E-state index in [2.05, 4.69) is 35.5 Å². The predicted octanol–water partition coefficient (Wildman–Crippen LogP) is 1.46. The quantitative estimate of drug-likeness (QED) is 0.387. The Bertz CT molecular complexity index is 1380. The molecule has 0 unspecified atom stereocenters. The van der Waals surface area contributed by atoms with Crippen molar-refractivity contribution in [2.45, 2.75) is 25.2 Å². The first-order valence-corrected chi connectivity index (χ1v) is 12.8. The summed E-state index contributed by atoms with van der Waals surface area (Å²) >= 11 is 0. The van der Waals surface area contributed by atoms with Gasteiger partial charge in [-0.15, -0.1) is 0 Å². The molecule has 0 aromatic carbocycles. The maximum Gasteiger partial charge on any atom is 0.415 e. The number of nitrogens with zero attached hydrogens (tertiary/aromatic N) is 6. The Balaban J connectivity index is 0.996. The number of hydrogen-bond acceptors (Lipinski definition) is 11. The minimum absolute atomic E-state index is 0.0511. The second-order valence-corrected chi connectivity index (χ2v) is 9.69. The molecule has 0 spiro atoms. The third-order valence-electron chi connectivity index (χ3n) is 6.60. The van der Waals surface area contributed by atoms with Gasteiger partial charge < -0.3 is 24.8 Å². The van der Waals surface area contributed by atoms with E-state index in [1.54, 1.807) is 30.7 Å². The lowest BCUT2D eigenvalue weighted by atomic mass is 10.2. The van der Waals surface area contributed by atoms with E-state index in [9.17, 15) is 9.59 Å². The van der Waals surface area contributed by atoms with Gasteiger partial charge >= 0.3 is 6.09 Å². The van der Waals surface area contributed by atoms with E-state index >= 15 is 0 Å². The van der Waals surface area contributed by atoms with Crippen molar-refractivity contribution in [1.29, 1.82) is 0 Å². The van der Waals surface area contributed by atoms with Crippen LogP contribution >= 0.6 is 0 Å². The molecule has 3 aliphatic heterocycles. The maximum atomic E-state index is 12.5. The van der Waals surface area contributed by atoms with Gasteiger partial charge in [0.05, 0.1) is 24.6 Å². The monoisotopic (exact) mass is 532 g/mol. The van der Waals surface area contributed by atoms with Crippen LogP contribution in [0, 0.1) is 0 Å². The molecule has 2 N–H and O–H groups in total. The Morgan fingerprint density at radius 2 is 2.03 bits per heavy atom. The normalized spacial score (nSPS) is 19.1. The molecule has 6 rings (SSSR count). The number of carbonyl (C=O) groups excluding carboxylic acids is 2. The van der Waals surface area contributed by atoms with Gasteiger partial charge in [-0.2, -0.15) is 0 Å². The topological polar surface area (TPSA) is 144 Å². The van der Waals surface area contributed by atoms with Crippen molar-refractivity contribution in [1.82, 2.24) is 30.2 Å². The second kappa shape index (κ2) is 10.8. The van der Waals surface area contributed by atoms with Gasteiger partial charge in [0.2, 0.25) is 5.88 Å². The van der Waals surface area contributed by atoms with E-state index in [1.165, 1.54) is 4.90 Å². The Hall–Kier alpha value is -4.36. The Morgan fingerprint density at radius 1 is 1.13 bits per heavy atom. The molecule has 39 heavy (non-hydrogen) atoms. The summed E-state index contributed by atoms with van der Waals surface area (Å²) in [5.74, 6) is 1.39. The number of aromatic nitrogens is 4. The van der Waals surface area contributed by atoms with E-state index in [0.717, 1.165) is 24.3 Å². The average Bonchev–Trinajstić information content (AvgIpc) is 3.30. The standard InChI is InChI=1S/C26H28N8O5/c1-33-12-18(13-33)38-24-11-28-10-20(30-24)19-8-16(4-7-29-19)9-27-6-5-17-14-34(26(36)39-17)22-3-2-21-25(31-22)32-23(35)15-37-21/h2-4,7-8,10-11,17-18,27H,5-6,9,12-15H2,1H3,(H,31,32,35)/t17-/m0/s1. The number of nitrogens with one attached hydrogen (secondary N) is 2. The lowest BCUT2D eigenvalue weighted by Crippen LogP contribution is -2.51. The number of anilines is 2. The van der Waals surface area contributed by atoms with Crippen molar-refractivity contribution >= 4 is 23.6 Å². The Morgan fingerprint density at radius 3 is 2.90 bits per heavy atom. The highest BCUT2D eigenvalue weighted by Crippen LogP contribution is 2.30. The molecule has 3 aliphatic rings.